The van der Waals surface area contributed by atoms with Crippen molar-refractivity contribution in [3.05, 3.63) is 64.7 Å². The molecule has 1 N–H and O–H groups in total. The number of anilines is 1. The van der Waals surface area contributed by atoms with E-state index in [4.69, 9.17) is 0 Å². The summed E-state index contributed by atoms with van der Waals surface area (Å²) in [5.41, 5.74) is 4.49. The summed E-state index contributed by atoms with van der Waals surface area (Å²) >= 11 is 0. The van der Waals surface area contributed by atoms with E-state index in [1.54, 1.807) is 4.90 Å². The van der Waals surface area contributed by atoms with Crippen LogP contribution in [0.3, 0.4) is 0 Å². The van der Waals surface area contributed by atoms with Crippen LogP contribution in [0.15, 0.2) is 42.5 Å². The Morgan fingerprint density at radius 3 is 2.27 bits per heavy atom. The second kappa shape index (κ2) is 13.6. The Balaban J connectivity index is 2.25. The molecule has 7 nitrogen and oxygen atoms in total. The molecule has 0 bridgehead atoms. The third-order valence-corrected chi connectivity index (χ3v) is 7.64. The van der Waals surface area contributed by atoms with Crippen molar-refractivity contribution in [3.63, 3.8) is 0 Å². The summed E-state index contributed by atoms with van der Waals surface area (Å²) in [6.07, 6.45) is 2.15. The van der Waals surface area contributed by atoms with E-state index >= 15 is 0 Å². The smallest absolute Gasteiger partial charge is 0.242 e. The summed E-state index contributed by atoms with van der Waals surface area (Å²) in [5, 5.41) is 2.98. The first-order valence-electron chi connectivity index (χ1n) is 13.0. The molecule has 0 fully saturated rings. The number of sulfonamides is 1. The van der Waals surface area contributed by atoms with Crippen molar-refractivity contribution in [2.75, 3.05) is 23.7 Å². The first-order chi connectivity index (χ1) is 17.3. The first kappa shape index (κ1) is 30.4. The summed E-state index contributed by atoms with van der Waals surface area (Å²) in [6.45, 7) is 12.8. The SMILES string of the molecule is CC[C@H](C(=O)NCC(C)C)N(Cc1ccccc1C)C(=O)CCCN(c1cc(C)ccc1C)S(C)(=O)=O. The molecule has 0 aliphatic carbocycles. The van der Waals surface area contributed by atoms with Gasteiger partial charge in [-0.05, 0) is 67.9 Å². The van der Waals surface area contributed by atoms with Crippen molar-refractivity contribution in [1.29, 1.82) is 0 Å². The van der Waals surface area contributed by atoms with Gasteiger partial charge in [-0.15, -0.1) is 0 Å². The lowest BCUT2D eigenvalue weighted by atomic mass is 10.0. The molecule has 2 aromatic rings. The summed E-state index contributed by atoms with van der Waals surface area (Å²) in [7, 11) is -3.54. The molecule has 37 heavy (non-hydrogen) atoms. The Labute approximate surface area is 223 Å². The van der Waals surface area contributed by atoms with E-state index in [2.05, 4.69) is 5.32 Å². The Bertz CT molecular complexity index is 1180. The minimum Gasteiger partial charge on any atom is -0.354 e. The minimum atomic E-state index is -3.54. The van der Waals surface area contributed by atoms with E-state index in [1.807, 2.05) is 84.0 Å². The number of hydrogen-bond acceptors (Lipinski definition) is 4. The molecule has 8 heteroatoms. The minimum absolute atomic E-state index is 0.136. The fourth-order valence-corrected chi connectivity index (χ4v) is 5.30. The van der Waals surface area contributed by atoms with Crippen LogP contribution in [0.1, 0.15) is 62.3 Å². The molecule has 2 rings (SSSR count). The summed E-state index contributed by atoms with van der Waals surface area (Å²) in [4.78, 5) is 28.3. The van der Waals surface area contributed by atoms with Crippen LogP contribution < -0.4 is 9.62 Å². The van der Waals surface area contributed by atoms with Gasteiger partial charge in [-0.3, -0.25) is 13.9 Å². The monoisotopic (exact) mass is 529 g/mol. The summed E-state index contributed by atoms with van der Waals surface area (Å²) < 4.78 is 26.6. The third-order valence-electron chi connectivity index (χ3n) is 6.46. The highest BCUT2D eigenvalue weighted by molar-refractivity contribution is 7.92. The van der Waals surface area contributed by atoms with Crippen molar-refractivity contribution in [2.45, 2.75) is 73.4 Å². The second-order valence-electron chi connectivity index (χ2n) is 10.2. The fraction of sp³-hybridized carbons (Fsp3) is 0.517. The molecule has 0 unspecified atom stereocenters. The van der Waals surface area contributed by atoms with E-state index in [-0.39, 0.29) is 24.8 Å². The van der Waals surface area contributed by atoms with E-state index in [0.717, 1.165) is 22.3 Å². The quantitative estimate of drug-likeness (QED) is 0.406. The van der Waals surface area contributed by atoms with Crippen molar-refractivity contribution < 1.29 is 18.0 Å². The third kappa shape index (κ3) is 8.88. The standard InChI is InChI=1S/C29H43N3O4S/c1-8-26(29(34)30-19-21(2)3)31(20-25-13-10-9-12-23(25)5)28(33)14-11-17-32(37(7,35)36)27-18-22(4)15-16-24(27)6/h9-10,12-13,15-16,18,21,26H,8,11,14,17,19-20H2,1-7H3,(H,30,34)/t26-/m1/s1. The lowest BCUT2D eigenvalue weighted by Crippen LogP contribution is -2.49. The fourth-order valence-electron chi connectivity index (χ4n) is 4.28. The van der Waals surface area contributed by atoms with Crippen LogP contribution in [0.2, 0.25) is 0 Å². The van der Waals surface area contributed by atoms with Crippen molar-refractivity contribution >= 4 is 27.5 Å². The van der Waals surface area contributed by atoms with E-state index in [1.165, 1.54) is 10.6 Å². The van der Waals surface area contributed by atoms with Gasteiger partial charge in [0, 0.05) is 26.1 Å². The van der Waals surface area contributed by atoms with Crippen LogP contribution in [-0.4, -0.2) is 50.5 Å². The predicted octanol–water partition coefficient (Wildman–Crippen LogP) is 4.74. The maximum Gasteiger partial charge on any atom is 0.242 e. The van der Waals surface area contributed by atoms with Gasteiger partial charge in [0.15, 0.2) is 0 Å². The van der Waals surface area contributed by atoms with Gasteiger partial charge in [0.25, 0.3) is 0 Å². The average molecular weight is 530 g/mol. The van der Waals surface area contributed by atoms with Crippen LogP contribution in [0.5, 0.6) is 0 Å². The van der Waals surface area contributed by atoms with Gasteiger partial charge in [0.1, 0.15) is 6.04 Å². The lowest BCUT2D eigenvalue weighted by Gasteiger charge is -2.32. The van der Waals surface area contributed by atoms with Gasteiger partial charge >= 0.3 is 0 Å². The average Bonchev–Trinajstić information content (AvgIpc) is 2.82. The molecule has 0 spiro atoms. The van der Waals surface area contributed by atoms with Crippen LogP contribution in [0.25, 0.3) is 0 Å². The molecule has 0 aliphatic heterocycles. The Morgan fingerprint density at radius 1 is 1.00 bits per heavy atom. The van der Waals surface area contributed by atoms with Gasteiger partial charge in [-0.25, -0.2) is 8.42 Å². The normalized spacial score (nSPS) is 12.3. The predicted molar refractivity (Wildman–Crippen MR) is 151 cm³/mol. The van der Waals surface area contributed by atoms with Gasteiger partial charge in [0.05, 0.1) is 11.9 Å². The number of nitrogens with zero attached hydrogens (tertiary/aromatic N) is 2. The van der Waals surface area contributed by atoms with E-state index < -0.39 is 16.1 Å². The molecule has 1 atom stereocenters. The number of benzene rings is 2. The molecular weight excluding hydrogens is 486 g/mol. The van der Waals surface area contributed by atoms with Crippen molar-refractivity contribution in [3.8, 4) is 0 Å². The molecule has 0 saturated heterocycles. The zero-order chi connectivity index (χ0) is 27.8. The van der Waals surface area contributed by atoms with Gasteiger partial charge < -0.3 is 10.2 Å². The number of aryl methyl sites for hydroxylation is 3. The Kier molecular flexibility index (Phi) is 11.2. The maximum absolute atomic E-state index is 13.6. The highest BCUT2D eigenvalue weighted by Gasteiger charge is 2.29. The highest BCUT2D eigenvalue weighted by Crippen LogP contribution is 2.25. The van der Waals surface area contributed by atoms with Crippen molar-refractivity contribution in [2.24, 2.45) is 5.92 Å². The van der Waals surface area contributed by atoms with E-state index in [0.29, 0.717) is 37.5 Å². The highest BCUT2D eigenvalue weighted by atomic mass is 32.2. The van der Waals surface area contributed by atoms with E-state index in [9.17, 15) is 18.0 Å². The van der Waals surface area contributed by atoms with Crippen LogP contribution in [0, 0.1) is 26.7 Å². The number of amides is 2. The zero-order valence-electron chi connectivity index (χ0n) is 23.4. The number of rotatable bonds is 13. The van der Waals surface area contributed by atoms with Gasteiger partial charge in [-0.1, -0.05) is 57.2 Å². The molecular formula is C29H43N3O4S. The van der Waals surface area contributed by atoms with Crippen LogP contribution in [0.4, 0.5) is 5.69 Å². The van der Waals surface area contributed by atoms with Gasteiger partial charge in [0.2, 0.25) is 21.8 Å². The molecule has 2 amide bonds. The Hall–Kier alpha value is -2.87. The molecule has 0 aliphatic rings. The molecule has 0 heterocycles. The first-order valence-corrected chi connectivity index (χ1v) is 14.9. The van der Waals surface area contributed by atoms with Crippen LogP contribution >= 0.6 is 0 Å². The van der Waals surface area contributed by atoms with Crippen molar-refractivity contribution in [1.82, 2.24) is 10.2 Å². The number of hydrogen-bond donors (Lipinski definition) is 1. The molecule has 0 radical (unpaired) electrons. The molecule has 0 aromatic heterocycles. The molecule has 0 saturated carbocycles. The summed E-state index contributed by atoms with van der Waals surface area (Å²) in [6, 6.07) is 12.9. The molecule has 2 aromatic carbocycles. The lowest BCUT2D eigenvalue weighted by molar-refractivity contribution is -0.141. The summed E-state index contributed by atoms with van der Waals surface area (Å²) in [5.74, 6) is -0.0236. The molecule has 204 valence electrons. The number of carbonyl (C=O) groups excluding carboxylic acids is 2. The number of carbonyl (C=O) groups is 2. The Morgan fingerprint density at radius 2 is 1.68 bits per heavy atom. The topological polar surface area (TPSA) is 86.8 Å². The second-order valence-corrected chi connectivity index (χ2v) is 12.1. The largest absolute Gasteiger partial charge is 0.354 e. The maximum atomic E-state index is 13.6. The zero-order valence-corrected chi connectivity index (χ0v) is 24.2. The van der Waals surface area contributed by atoms with Gasteiger partial charge in [-0.2, -0.15) is 0 Å². The number of nitrogens with one attached hydrogen (secondary N) is 1. The van der Waals surface area contributed by atoms with Crippen LogP contribution in [-0.2, 0) is 26.2 Å².